The quantitative estimate of drug-likeness (QED) is 0.163. The average Bonchev–Trinajstić information content (AvgIpc) is 3.90. The van der Waals surface area contributed by atoms with Gasteiger partial charge in [-0.25, -0.2) is 9.69 Å². The molecule has 0 aliphatic carbocycles. The Labute approximate surface area is 384 Å². The molecule has 0 saturated heterocycles. The molecule has 0 radical (unpaired) electrons. The molecule has 10 aromatic carbocycles. The SMILES string of the molecule is O=C1Oc2c(-n3c4ccccc4c4ccc5c6ccccc6n(-c6ccccc6)c5c43)ccc3ccc4c(c23)N1c1cccc2c1B4c1ccccc1C21c2ccccc2Oc2ccccc21. The van der Waals surface area contributed by atoms with Crippen LogP contribution in [0.15, 0.2) is 206 Å². The van der Waals surface area contributed by atoms with Gasteiger partial charge in [0.25, 0.3) is 0 Å². The van der Waals surface area contributed by atoms with Gasteiger partial charge in [-0.05, 0) is 76.0 Å². The molecular weight excluding hydrogens is 821 g/mol. The first kappa shape index (κ1) is 35.5. The summed E-state index contributed by atoms with van der Waals surface area (Å²) < 4.78 is 18.3. The van der Waals surface area contributed by atoms with E-state index in [2.05, 4.69) is 203 Å². The third kappa shape index (κ3) is 4.22. The summed E-state index contributed by atoms with van der Waals surface area (Å²) in [6.07, 6.45) is -0.425. The first-order chi connectivity index (χ1) is 33.2. The zero-order chi connectivity index (χ0) is 43.7. The number of nitrogens with zero attached hydrogens (tertiary/aromatic N) is 3. The Balaban J connectivity index is 1.02. The topological polar surface area (TPSA) is 48.6 Å². The molecule has 1 amide bonds. The first-order valence-corrected chi connectivity index (χ1v) is 22.9. The molecule has 12 aromatic rings. The number of rotatable bonds is 2. The minimum atomic E-state index is -0.708. The number of carbonyl (C=O) groups excluding carboxylic acids is 1. The van der Waals surface area contributed by atoms with Gasteiger partial charge in [-0.2, -0.15) is 0 Å². The van der Waals surface area contributed by atoms with Crippen LogP contribution in [0.2, 0.25) is 0 Å². The second kappa shape index (κ2) is 12.5. The lowest BCUT2D eigenvalue weighted by Gasteiger charge is -2.50. The Bertz CT molecular complexity index is 4180. The highest BCUT2D eigenvalue weighted by atomic mass is 16.6. The molecule has 0 atom stereocenters. The number of hydrogen-bond acceptors (Lipinski definition) is 3. The molecule has 0 bridgehead atoms. The first-order valence-electron chi connectivity index (χ1n) is 22.9. The predicted octanol–water partition coefficient (Wildman–Crippen LogP) is 12.3. The maximum Gasteiger partial charge on any atom is 0.424 e. The number of amides is 1. The third-order valence-corrected chi connectivity index (χ3v) is 15.2. The Hall–Kier alpha value is -8.81. The highest BCUT2D eigenvalue weighted by Gasteiger charge is 2.55. The largest absolute Gasteiger partial charge is 0.457 e. The fourth-order valence-corrected chi connectivity index (χ4v) is 12.8. The van der Waals surface area contributed by atoms with E-state index in [0.717, 1.165) is 111 Å². The van der Waals surface area contributed by atoms with Crippen molar-refractivity contribution in [1.82, 2.24) is 9.13 Å². The van der Waals surface area contributed by atoms with Gasteiger partial charge in [-0.15, -0.1) is 0 Å². The average molecular weight is 856 g/mol. The van der Waals surface area contributed by atoms with Gasteiger partial charge >= 0.3 is 6.09 Å². The molecule has 310 valence electrons. The van der Waals surface area contributed by atoms with Crippen LogP contribution in [-0.2, 0) is 5.41 Å². The molecule has 2 aromatic heterocycles. The fraction of sp³-hybridized carbons (Fsp3) is 0.0167. The molecule has 6 nitrogen and oxygen atoms in total. The summed E-state index contributed by atoms with van der Waals surface area (Å²) in [6, 6.07) is 73.4. The van der Waals surface area contributed by atoms with E-state index < -0.39 is 11.5 Å². The van der Waals surface area contributed by atoms with Crippen LogP contribution in [-0.4, -0.2) is 21.9 Å². The van der Waals surface area contributed by atoms with Gasteiger partial charge in [0.15, 0.2) is 5.75 Å². The second-order valence-corrected chi connectivity index (χ2v) is 18.2. The van der Waals surface area contributed by atoms with Gasteiger partial charge in [0.2, 0.25) is 6.71 Å². The van der Waals surface area contributed by atoms with Crippen molar-refractivity contribution < 1.29 is 14.3 Å². The van der Waals surface area contributed by atoms with Crippen LogP contribution in [0, 0.1) is 0 Å². The van der Waals surface area contributed by atoms with E-state index in [9.17, 15) is 0 Å². The molecular formula is C60H34BN3O3. The standard InChI is InChI=1S/C60H34BN3O3/c65-59-64-49-26-14-22-44-54(49)61(45-23-9-6-19-41(45)60(44)42-20-7-12-27-51(42)66-52-28-13-8-21-43(52)60)46-33-29-35-30-34-50(58(67-59)53(35)57(46)64)63-48-25-11-5-18-38(48)40-32-31-39-37-17-4-10-24-47(37)62(55(39)56(40)63)36-15-2-1-3-16-36/h1-34H. The lowest BCUT2D eigenvalue weighted by Crippen LogP contribution is -2.66. The van der Waals surface area contributed by atoms with Crippen molar-refractivity contribution in [2.24, 2.45) is 0 Å². The van der Waals surface area contributed by atoms with Crippen LogP contribution in [0.4, 0.5) is 16.2 Å². The molecule has 16 rings (SSSR count). The van der Waals surface area contributed by atoms with Gasteiger partial charge in [0, 0.05) is 44.0 Å². The highest BCUT2D eigenvalue weighted by molar-refractivity contribution is 6.99. The molecule has 4 aliphatic heterocycles. The van der Waals surface area contributed by atoms with Crippen molar-refractivity contribution in [3.63, 3.8) is 0 Å². The van der Waals surface area contributed by atoms with E-state index in [1.54, 1.807) is 0 Å². The van der Waals surface area contributed by atoms with Crippen molar-refractivity contribution in [1.29, 1.82) is 0 Å². The van der Waals surface area contributed by atoms with Crippen LogP contribution in [0.25, 0.3) is 65.8 Å². The summed E-state index contributed by atoms with van der Waals surface area (Å²) >= 11 is 0. The van der Waals surface area contributed by atoms with Crippen molar-refractivity contribution in [2.45, 2.75) is 5.41 Å². The number of benzene rings is 10. The zero-order valence-corrected chi connectivity index (χ0v) is 35.8. The minimum absolute atomic E-state index is 0.164. The maximum atomic E-state index is 15.4. The summed E-state index contributed by atoms with van der Waals surface area (Å²) in [5, 5.41) is 6.51. The summed E-state index contributed by atoms with van der Waals surface area (Å²) in [4.78, 5) is 17.3. The normalized spacial score (nSPS) is 14.6. The van der Waals surface area contributed by atoms with E-state index in [-0.39, 0.29) is 6.71 Å². The smallest absolute Gasteiger partial charge is 0.424 e. The summed E-state index contributed by atoms with van der Waals surface area (Å²) in [7, 11) is 0. The summed E-state index contributed by atoms with van der Waals surface area (Å²) in [6.45, 7) is -0.164. The third-order valence-electron chi connectivity index (χ3n) is 15.2. The van der Waals surface area contributed by atoms with Crippen molar-refractivity contribution >= 4 is 95.0 Å². The molecule has 0 unspecified atom stereocenters. The Morgan fingerprint density at radius 2 is 1.03 bits per heavy atom. The number of fused-ring (bicyclic) bond motifs is 17. The maximum absolute atomic E-state index is 15.4. The summed E-state index contributed by atoms with van der Waals surface area (Å²) in [5.41, 5.74) is 15.1. The molecule has 7 heteroatoms. The van der Waals surface area contributed by atoms with Crippen molar-refractivity contribution in [3.05, 3.63) is 229 Å². The Kier molecular flexibility index (Phi) is 6.63. The molecule has 0 fully saturated rings. The van der Waals surface area contributed by atoms with Gasteiger partial charge < -0.3 is 18.6 Å². The van der Waals surface area contributed by atoms with Crippen LogP contribution < -0.4 is 30.8 Å². The highest BCUT2D eigenvalue weighted by Crippen LogP contribution is 2.57. The number of para-hydroxylation sites is 5. The molecule has 1 spiro atoms. The van der Waals surface area contributed by atoms with Crippen LogP contribution in [0.1, 0.15) is 22.3 Å². The molecule has 67 heavy (non-hydrogen) atoms. The Morgan fingerprint density at radius 1 is 0.433 bits per heavy atom. The minimum Gasteiger partial charge on any atom is -0.457 e. The summed E-state index contributed by atoms with van der Waals surface area (Å²) in [5.74, 6) is 2.22. The van der Waals surface area contributed by atoms with E-state index in [4.69, 9.17) is 9.47 Å². The number of hydrogen-bond donors (Lipinski definition) is 0. The predicted molar refractivity (Wildman–Crippen MR) is 270 cm³/mol. The zero-order valence-electron chi connectivity index (χ0n) is 35.8. The fourth-order valence-electron chi connectivity index (χ4n) is 12.8. The number of ether oxygens (including phenoxy) is 2. The molecule has 0 N–H and O–H groups in total. The van der Waals surface area contributed by atoms with Crippen LogP contribution in [0.3, 0.4) is 0 Å². The van der Waals surface area contributed by atoms with E-state index in [0.29, 0.717) is 5.75 Å². The lowest BCUT2D eigenvalue weighted by atomic mass is 9.29. The van der Waals surface area contributed by atoms with E-state index in [1.165, 1.54) is 16.4 Å². The van der Waals surface area contributed by atoms with Crippen LogP contribution in [0.5, 0.6) is 17.2 Å². The molecule has 4 aliphatic rings. The van der Waals surface area contributed by atoms with E-state index >= 15 is 4.79 Å². The Morgan fingerprint density at radius 3 is 1.78 bits per heavy atom. The van der Waals surface area contributed by atoms with Crippen molar-refractivity contribution in [2.75, 3.05) is 4.90 Å². The number of anilines is 2. The lowest BCUT2D eigenvalue weighted by molar-refractivity contribution is 0.210. The van der Waals surface area contributed by atoms with Gasteiger partial charge in [0.1, 0.15) is 11.5 Å². The number of carbonyl (C=O) groups is 1. The van der Waals surface area contributed by atoms with Crippen molar-refractivity contribution in [3.8, 4) is 28.6 Å². The van der Waals surface area contributed by atoms with Gasteiger partial charge in [-0.3, -0.25) is 0 Å². The van der Waals surface area contributed by atoms with E-state index in [1.807, 2.05) is 17.0 Å². The van der Waals surface area contributed by atoms with Gasteiger partial charge in [-0.1, -0.05) is 163 Å². The molecule has 0 saturated carbocycles. The molecule has 6 heterocycles. The number of aromatic nitrogens is 2. The monoisotopic (exact) mass is 855 g/mol. The second-order valence-electron chi connectivity index (χ2n) is 18.2. The van der Waals surface area contributed by atoms with Gasteiger partial charge in [0.05, 0.1) is 44.2 Å². The van der Waals surface area contributed by atoms with Crippen LogP contribution >= 0.6 is 0 Å².